The molecule has 5 rings (SSSR count). The summed E-state index contributed by atoms with van der Waals surface area (Å²) in [4.78, 5) is 41.3. The van der Waals surface area contributed by atoms with E-state index < -0.39 is 59.1 Å². The van der Waals surface area contributed by atoms with Crippen LogP contribution in [-0.2, 0) is 17.8 Å². The quantitative estimate of drug-likeness (QED) is 0.695. The lowest BCUT2D eigenvalue weighted by molar-refractivity contribution is -0.132. The number of halogens is 3. The number of pyridine rings is 1. The van der Waals surface area contributed by atoms with Crippen LogP contribution >= 0.6 is 0 Å². The van der Waals surface area contributed by atoms with Crippen LogP contribution in [0.3, 0.4) is 0 Å². The van der Waals surface area contributed by atoms with Gasteiger partial charge in [0.2, 0.25) is 5.43 Å². The summed E-state index contributed by atoms with van der Waals surface area (Å²) in [5.41, 5.74) is -1.67. The van der Waals surface area contributed by atoms with E-state index in [1.807, 2.05) is 0 Å². The van der Waals surface area contributed by atoms with Gasteiger partial charge in [0.1, 0.15) is 23.0 Å². The number of carbonyl (C=O) groups excluding carboxylic acids is 2. The molecule has 1 N–H and O–H groups in total. The third-order valence-corrected chi connectivity index (χ3v) is 6.57. The number of ether oxygens (including phenoxy) is 2. The smallest absolute Gasteiger partial charge is 0.276 e. The fourth-order valence-electron chi connectivity index (χ4n) is 5.05. The number of nitrogens with zero attached hydrogens (tertiary/aromatic N) is 2. The first-order valence-electron chi connectivity index (χ1n) is 11.5. The van der Waals surface area contributed by atoms with E-state index in [1.54, 1.807) is 18.7 Å². The minimum Gasteiger partial charge on any atom is -0.485 e. The zero-order valence-corrected chi connectivity index (χ0v) is 19.1. The lowest BCUT2D eigenvalue weighted by Crippen LogP contribution is -2.57. The van der Waals surface area contributed by atoms with Crippen LogP contribution in [-0.4, -0.2) is 45.8 Å². The molecule has 3 heterocycles. The maximum Gasteiger partial charge on any atom is 0.276 e. The highest BCUT2D eigenvalue weighted by atomic mass is 19.1. The van der Waals surface area contributed by atoms with E-state index in [0.717, 1.165) is 19.3 Å². The fraction of sp³-hybridized carbons (Fsp3) is 0.458. The molecular weight excluding hydrogens is 467 g/mol. The fourth-order valence-corrected chi connectivity index (χ4v) is 5.05. The number of hydrogen-bond donors (Lipinski definition) is 1. The number of amides is 2. The Morgan fingerprint density at radius 1 is 1.20 bits per heavy atom. The average molecular weight is 491 g/mol. The summed E-state index contributed by atoms with van der Waals surface area (Å²) in [5, 5.41) is 2.30. The molecule has 0 radical (unpaired) electrons. The number of aromatic nitrogens is 1. The van der Waals surface area contributed by atoms with E-state index in [4.69, 9.17) is 9.47 Å². The Balaban J connectivity index is 1.50. The van der Waals surface area contributed by atoms with Crippen LogP contribution in [0.5, 0.6) is 5.75 Å². The molecule has 2 bridgehead atoms. The van der Waals surface area contributed by atoms with Gasteiger partial charge >= 0.3 is 0 Å². The zero-order chi connectivity index (χ0) is 25.0. The molecule has 0 unspecified atom stereocenters. The highest BCUT2D eigenvalue weighted by Gasteiger charge is 2.48. The van der Waals surface area contributed by atoms with Crippen molar-refractivity contribution in [3.8, 4) is 5.75 Å². The molecular formula is C24H24F3N3O5. The summed E-state index contributed by atoms with van der Waals surface area (Å²) >= 11 is 0. The Labute approximate surface area is 198 Å². The predicted molar refractivity (Wildman–Crippen MR) is 116 cm³/mol. The molecule has 1 aromatic carbocycles. The van der Waals surface area contributed by atoms with Crippen LogP contribution in [0.25, 0.3) is 0 Å². The van der Waals surface area contributed by atoms with Gasteiger partial charge in [0.05, 0.1) is 18.8 Å². The second-order valence-electron chi connectivity index (χ2n) is 9.29. The van der Waals surface area contributed by atoms with Crippen LogP contribution in [0.2, 0.25) is 0 Å². The van der Waals surface area contributed by atoms with E-state index in [2.05, 4.69) is 5.32 Å². The van der Waals surface area contributed by atoms with Crippen molar-refractivity contribution in [2.75, 3.05) is 0 Å². The van der Waals surface area contributed by atoms with Gasteiger partial charge in [-0.2, -0.15) is 0 Å². The average Bonchev–Trinajstić information content (AvgIpc) is 3.15. The molecule has 0 spiro atoms. The molecule has 2 aromatic rings. The standard InChI is InChI=1S/C24H24F3N3O5/c1-11(2)34-22-20-24(33)30-13-3-4-14(7-13)35-19(30)10-29(20)9-16(21(22)31)23(32)28-8-15-17(26)5-12(25)6-18(15)27/h5-6,9,11,13-14,19H,3-4,7-8,10H2,1-2H3,(H,28,32)/t13-,14+,19+/m0/s1. The van der Waals surface area contributed by atoms with Gasteiger partial charge in [-0.05, 0) is 33.1 Å². The van der Waals surface area contributed by atoms with Gasteiger partial charge in [-0.15, -0.1) is 0 Å². The van der Waals surface area contributed by atoms with Gasteiger partial charge in [-0.3, -0.25) is 14.4 Å². The van der Waals surface area contributed by atoms with Crippen LogP contribution in [0, 0.1) is 17.5 Å². The van der Waals surface area contributed by atoms with E-state index in [-0.39, 0.29) is 35.7 Å². The molecule has 8 nitrogen and oxygen atoms in total. The number of rotatable bonds is 5. The van der Waals surface area contributed by atoms with Crippen LogP contribution in [0.1, 0.15) is 59.5 Å². The lowest BCUT2D eigenvalue weighted by Gasteiger charge is -2.44. The highest BCUT2D eigenvalue weighted by Crippen LogP contribution is 2.39. The largest absolute Gasteiger partial charge is 0.485 e. The van der Waals surface area contributed by atoms with Crippen molar-refractivity contribution in [3.63, 3.8) is 0 Å². The predicted octanol–water partition coefficient (Wildman–Crippen LogP) is 2.72. The van der Waals surface area contributed by atoms with Gasteiger partial charge in [-0.1, -0.05) is 0 Å². The zero-order valence-electron chi connectivity index (χ0n) is 19.1. The number of fused-ring (bicyclic) bond motifs is 5. The second-order valence-corrected chi connectivity index (χ2v) is 9.29. The van der Waals surface area contributed by atoms with Gasteiger partial charge in [0, 0.05) is 36.5 Å². The maximum absolute atomic E-state index is 14.0. The van der Waals surface area contributed by atoms with Crippen molar-refractivity contribution in [1.82, 2.24) is 14.8 Å². The summed E-state index contributed by atoms with van der Waals surface area (Å²) in [6, 6.07) is 1.02. The summed E-state index contributed by atoms with van der Waals surface area (Å²) in [5.74, 6) is -4.98. The molecule has 3 atom stereocenters. The van der Waals surface area contributed by atoms with Gasteiger partial charge < -0.3 is 24.3 Å². The van der Waals surface area contributed by atoms with E-state index in [0.29, 0.717) is 12.1 Å². The van der Waals surface area contributed by atoms with Gasteiger partial charge in [0.15, 0.2) is 17.7 Å². The molecule has 1 saturated carbocycles. The Bertz CT molecular complexity index is 1250. The van der Waals surface area contributed by atoms with Crippen molar-refractivity contribution in [2.45, 2.75) is 70.7 Å². The molecule has 186 valence electrons. The summed E-state index contributed by atoms with van der Waals surface area (Å²) in [7, 11) is 0. The lowest BCUT2D eigenvalue weighted by atomic mass is 10.1. The molecule has 2 fully saturated rings. The number of benzene rings is 1. The minimum atomic E-state index is -1.16. The van der Waals surface area contributed by atoms with Crippen LogP contribution in [0.4, 0.5) is 13.2 Å². The minimum absolute atomic E-state index is 0.0190. The third kappa shape index (κ3) is 4.07. The molecule has 1 aromatic heterocycles. The first-order valence-corrected chi connectivity index (χ1v) is 11.5. The SMILES string of the molecule is CC(C)Oc1c2n(cc(C(=O)NCc3c(F)cc(F)cc3F)c1=O)C[C@H]1O[C@@H]3CC[C@@H](C3)N1C2=O. The van der Waals surface area contributed by atoms with Crippen molar-refractivity contribution in [1.29, 1.82) is 0 Å². The van der Waals surface area contributed by atoms with Crippen LogP contribution in [0.15, 0.2) is 23.1 Å². The molecule has 3 aliphatic rings. The number of hydrogen-bond acceptors (Lipinski definition) is 5. The Kier molecular flexibility index (Phi) is 5.82. The summed E-state index contributed by atoms with van der Waals surface area (Å²) in [6.07, 6.45) is 2.70. The summed E-state index contributed by atoms with van der Waals surface area (Å²) in [6.45, 7) is 2.96. The second kappa shape index (κ2) is 8.71. The maximum atomic E-state index is 14.0. The molecule has 1 aliphatic carbocycles. The Morgan fingerprint density at radius 2 is 1.91 bits per heavy atom. The monoisotopic (exact) mass is 491 g/mol. The molecule has 11 heteroatoms. The highest BCUT2D eigenvalue weighted by molar-refractivity contribution is 5.99. The first kappa shape index (κ1) is 23.4. The number of carbonyl (C=O) groups is 2. The molecule has 2 amide bonds. The number of nitrogens with one attached hydrogen (secondary N) is 1. The van der Waals surface area contributed by atoms with Crippen molar-refractivity contribution in [2.24, 2.45) is 0 Å². The van der Waals surface area contributed by atoms with Crippen molar-refractivity contribution in [3.05, 3.63) is 62.8 Å². The van der Waals surface area contributed by atoms with Crippen molar-refractivity contribution >= 4 is 11.8 Å². The molecule has 2 aliphatic heterocycles. The first-order chi connectivity index (χ1) is 16.6. The topological polar surface area (TPSA) is 89.9 Å². The van der Waals surface area contributed by atoms with Crippen LogP contribution < -0.4 is 15.5 Å². The van der Waals surface area contributed by atoms with Gasteiger partial charge in [-0.25, -0.2) is 13.2 Å². The van der Waals surface area contributed by atoms with E-state index in [9.17, 15) is 27.6 Å². The van der Waals surface area contributed by atoms with E-state index in [1.165, 1.54) is 10.8 Å². The van der Waals surface area contributed by atoms with Crippen molar-refractivity contribution < 1.29 is 32.2 Å². The Morgan fingerprint density at radius 3 is 2.60 bits per heavy atom. The summed E-state index contributed by atoms with van der Waals surface area (Å²) < 4.78 is 54.4. The molecule has 1 saturated heterocycles. The third-order valence-electron chi connectivity index (χ3n) is 6.57. The van der Waals surface area contributed by atoms with E-state index >= 15 is 0 Å². The molecule has 35 heavy (non-hydrogen) atoms. The Hall–Kier alpha value is -3.34. The van der Waals surface area contributed by atoms with Gasteiger partial charge in [0.25, 0.3) is 11.8 Å². The normalized spacial score (nSPS) is 22.7.